The predicted octanol–water partition coefficient (Wildman–Crippen LogP) is 2.89. The molecule has 2 saturated heterocycles. The van der Waals surface area contributed by atoms with E-state index in [0.29, 0.717) is 24.7 Å². The van der Waals surface area contributed by atoms with Gasteiger partial charge in [0.05, 0.1) is 0 Å². The zero-order valence-corrected chi connectivity index (χ0v) is 15.1. The molecule has 0 saturated carbocycles. The van der Waals surface area contributed by atoms with Crippen molar-refractivity contribution in [2.24, 2.45) is 11.8 Å². The highest BCUT2D eigenvalue weighted by Crippen LogP contribution is 2.20. The lowest BCUT2D eigenvalue weighted by Crippen LogP contribution is -2.42. The number of amides is 1. The fourth-order valence-electron chi connectivity index (χ4n) is 3.87. The van der Waals surface area contributed by atoms with Crippen LogP contribution in [0.3, 0.4) is 0 Å². The first-order chi connectivity index (χ1) is 12.1. The second-order valence-corrected chi connectivity index (χ2v) is 7.46. The number of hydrogen-bond acceptors (Lipinski definition) is 3. The highest BCUT2D eigenvalue weighted by molar-refractivity contribution is 5.78. The van der Waals surface area contributed by atoms with E-state index in [1.165, 1.54) is 0 Å². The Hall–Kier alpha value is -1.46. The largest absolute Gasteiger partial charge is 0.381 e. The predicted molar refractivity (Wildman–Crippen MR) is 95.7 cm³/mol. The molecular formula is C20H29FN2O2. The van der Waals surface area contributed by atoms with Crippen molar-refractivity contribution >= 4 is 5.91 Å². The van der Waals surface area contributed by atoms with E-state index in [4.69, 9.17) is 4.74 Å². The van der Waals surface area contributed by atoms with Crippen molar-refractivity contribution in [2.75, 3.05) is 32.8 Å². The zero-order chi connectivity index (χ0) is 17.6. The third kappa shape index (κ3) is 5.25. The first kappa shape index (κ1) is 18.3. The Morgan fingerprint density at radius 1 is 1.32 bits per heavy atom. The van der Waals surface area contributed by atoms with Crippen LogP contribution in [0.25, 0.3) is 0 Å². The number of likely N-dealkylation sites (tertiary alicyclic amines) is 1. The number of piperidine rings is 1. The van der Waals surface area contributed by atoms with E-state index in [2.05, 4.69) is 10.2 Å². The van der Waals surface area contributed by atoms with Crippen LogP contribution in [0, 0.1) is 24.6 Å². The van der Waals surface area contributed by atoms with Gasteiger partial charge in [0, 0.05) is 38.8 Å². The Kier molecular flexibility index (Phi) is 6.43. The van der Waals surface area contributed by atoms with Gasteiger partial charge in [-0.1, -0.05) is 12.1 Å². The molecule has 1 aromatic rings. The molecule has 2 aliphatic rings. The van der Waals surface area contributed by atoms with E-state index in [0.717, 1.165) is 57.4 Å². The Balaban J connectivity index is 1.45. The van der Waals surface area contributed by atoms with Crippen molar-refractivity contribution in [3.8, 4) is 0 Å². The molecule has 0 radical (unpaired) electrons. The van der Waals surface area contributed by atoms with Gasteiger partial charge in [-0.2, -0.15) is 0 Å². The number of halogens is 1. The molecule has 2 fully saturated rings. The molecule has 0 bridgehead atoms. The smallest absolute Gasteiger partial charge is 0.223 e. The normalized spacial score (nSPS) is 22.7. The number of nitrogens with zero attached hydrogens (tertiary/aromatic N) is 1. The second kappa shape index (κ2) is 8.77. The maximum atomic E-state index is 13.4. The van der Waals surface area contributed by atoms with Gasteiger partial charge in [0.25, 0.3) is 0 Å². The van der Waals surface area contributed by atoms with Crippen LogP contribution in [0.5, 0.6) is 0 Å². The molecule has 1 atom stereocenters. The second-order valence-electron chi connectivity index (χ2n) is 7.46. The minimum Gasteiger partial charge on any atom is -0.381 e. The summed E-state index contributed by atoms with van der Waals surface area (Å²) in [6, 6.07) is 5.37. The SMILES string of the molecule is Cc1cc(CN2CCCC(CNC(=O)C3CCOCC3)C2)ccc1F. The minimum absolute atomic E-state index is 0.121. The number of benzene rings is 1. The van der Waals surface area contributed by atoms with E-state index in [1.807, 2.05) is 19.1 Å². The average Bonchev–Trinajstić information content (AvgIpc) is 2.64. The van der Waals surface area contributed by atoms with Gasteiger partial charge in [-0.05, 0) is 62.3 Å². The van der Waals surface area contributed by atoms with Gasteiger partial charge >= 0.3 is 0 Å². The van der Waals surface area contributed by atoms with Crippen molar-refractivity contribution in [3.05, 3.63) is 35.1 Å². The molecular weight excluding hydrogens is 319 g/mol. The first-order valence-electron chi connectivity index (χ1n) is 9.44. The zero-order valence-electron chi connectivity index (χ0n) is 15.1. The van der Waals surface area contributed by atoms with Gasteiger partial charge in [-0.3, -0.25) is 9.69 Å². The van der Waals surface area contributed by atoms with Crippen molar-refractivity contribution in [1.29, 1.82) is 0 Å². The summed E-state index contributed by atoms with van der Waals surface area (Å²) in [5, 5.41) is 3.15. The topological polar surface area (TPSA) is 41.6 Å². The summed E-state index contributed by atoms with van der Waals surface area (Å²) in [5.41, 5.74) is 1.86. The Labute approximate surface area is 149 Å². The first-order valence-corrected chi connectivity index (χ1v) is 9.44. The number of carbonyl (C=O) groups excluding carboxylic acids is 1. The molecule has 0 spiro atoms. The molecule has 1 N–H and O–H groups in total. The quantitative estimate of drug-likeness (QED) is 0.890. The summed E-state index contributed by atoms with van der Waals surface area (Å²) in [5.74, 6) is 0.667. The number of ether oxygens (including phenoxy) is 1. The number of rotatable bonds is 5. The van der Waals surface area contributed by atoms with Crippen molar-refractivity contribution < 1.29 is 13.9 Å². The lowest BCUT2D eigenvalue weighted by molar-refractivity contribution is -0.128. The maximum Gasteiger partial charge on any atom is 0.223 e. The van der Waals surface area contributed by atoms with Crippen LogP contribution in [-0.4, -0.2) is 43.7 Å². The van der Waals surface area contributed by atoms with Gasteiger partial charge in [0.1, 0.15) is 5.82 Å². The molecule has 1 unspecified atom stereocenters. The number of hydrogen-bond donors (Lipinski definition) is 1. The van der Waals surface area contributed by atoms with Gasteiger partial charge < -0.3 is 10.1 Å². The van der Waals surface area contributed by atoms with E-state index >= 15 is 0 Å². The number of nitrogens with one attached hydrogen (secondary N) is 1. The molecule has 2 aliphatic heterocycles. The van der Waals surface area contributed by atoms with Crippen LogP contribution >= 0.6 is 0 Å². The molecule has 0 aliphatic carbocycles. The van der Waals surface area contributed by atoms with Crippen molar-refractivity contribution in [2.45, 2.75) is 39.2 Å². The Morgan fingerprint density at radius 3 is 2.88 bits per heavy atom. The molecule has 1 aromatic carbocycles. The van der Waals surface area contributed by atoms with Crippen LogP contribution in [0.15, 0.2) is 18.2 Å². The lowest BCUT2D eigenvalue weighted by atomic mass is 9.96. The molecule has 4 nitrogen and oxygen atoms in total. The molecule has 138 valence electrons. The summed E-state index contributed by atoms with van der Waals surface area (Å²) in [7, 11) is 0. The van der Waals surface area contributed by atoms with Crippen LogP contribution in [-0.2, 0) is 16.1 Å². The van der Waals surface area contributed by atoms with Crippen LogP contribution < -0.4 is 5.32 Å². The van der Waals surface area contributed by atoms with Crippen LogP contribution in [0.2, 0.25) is 0 Å². The third-order valence-corrected chi connectivity index (χ3v) is 5.39. The van der Waals surface area contributed by atoms with E-state index in [9.17, 15) is 9.18 Å². The maximum absolute atomic E-state index is 13.4. The monoisotopic (exact) mass is 348 g/mol. The minimum atomic E-state index is -0.143. The van der Waals surface area contributed by atoms with Crippen LogP contribution in [0.4, 0.5) is 4.39 Å². The fraction of sp³-hybridized carbons (Fsp3) is 0.650. The standard InChI is InChI=1S/C20H29FN2O2/c1-15-11-16(4-5-19(15)21)13-23-8-2-3-17(14-23)12-22-20(24)18-6-9-25-10-7-18/h4-5,11,17-18H,2-3,6-10,12-14H2,1H3,(H,22,24). The molecule has 25 heavy (non-hydrogen) atoms. The molecule has 1 amide bonds. The molecule has 2 heterocycles. The Morgan fingerprint density at radius 2 is 2.12 bits per heavy atom. The fourth-order valence-corrected chi connectivity index (χ4v) is 3.87. The van der Waals surface area contributed by atoms with E-state index in [-0.39, 0.29) is 17.6 Å². The van der Waals surface area contributed by atoms with Crippen molar-refractivity contribution in [3.63, 3.8) is 0 Å². The van der Waals surface area contributed by atoms with Gasteiger partial charge in [-0.15, -0.1) is 0 Å². The molecule has 0 aromatic heterocycles. The summed E-state index contributed by atoms with van der Waals surface area (Å²) < 4.78 is 18.7. The third-order valence-electron chi connectivity index (χ3n) is 5.39. The summed E-state index contributed by atoms with van der Waals surface area (Å²) >= 11 is 0. The highest BCUT2D eigenvalue weighted by Gasteiger charge is 2.24. The van der Waals surface area contributed by atoms with Crippen LogP contribution in [0.1, 0.15) is 36.8 Å². The van der Waals surface area contributed by atoms with Gasteiger partial charge in [0.15, 0.2) is 0 Å². The van der Waals surface area contributed by atoms with Gasteiger partial charge in [-0.25, -0.2) is 4.39 Å². The summed E-state index contributed by atoms with van der Waals surface area (Å²) in [4.78, 5) is 14.7. The van der Waals surface area contributed by atoms with E-state index < -0.39 is 0 Å². The molecule has 3 rings (SSSR count). The van der Waals surface area contributed by atoms with Gasteiger partial charge in [0.2, 0.25) is 5.91 Å². The number of aryl methyl sites for hydroxylation is 1. The highest BCUT2D eigenvalue weighted by atomic mass is 19.1. The van der Waals surface area contributed by atoms with E-state index in [1.54, 1.807) is 6.07 Å². The summed E-state index contributed by atoms with van der Waals surface area (Å²) in [6.45, 7) is 6.88. The van der Waals surface area contributed by atoms with Crippen molar-refractivity contribution in [1.82, 2.24) is 10.2 Å². The Bertz CT molecular complexity index is 587. The average molecular weight is 348 g/mol. The lowest BCUT2D eigenvalue weighted by Gasteiger charge is -2.33. The summed E-state index contributed by atoms with van der Waals surface area (Å²) in [6.07, 6.45) is 3.99. The molecule has 5 heteroatoms. The number of carbonyl (C=O) groups is 1.